The second-order valence-electron chi connectivity index (χ2n) is 5.40. The van der Waals surface area contributed by atoms with Gasteiger partial charge in [0.1, 0.15) is 11.3 Å². The van der Waals surface area contributed by atoms with Crippen LogP contribution in [0.3, 0.4) is 0 Å². The minimum atomic E-state index is -0.434. The molecule has 3 rings (SSSR count). The van der Waals surface area contributed by atoms with Crippen molar-refractivity contribution in [3.8, 4) is 0 Å². The van der Waals surface area contributed by atoms with Crippen LogP contribution < -0.4 is 5.73 Å². The molecule has 1 amide bonds. The molecule has 0 unspecified atom stereocenters. The summed E-state index contributed by atoms with van der Waals surface area (Å²) in [6.45, 7) is 0. The third kappa shape index (κ3) is 2.29. The van der Waals surface area contributed by atoms with Gasteiger partial charge in [0.15, 0.2) is 0 Å². The molecule has 1 aliphatic rings. The number of hydrogen-bond donors (Lipinski definition) is 2. The van der Waals surface area contributed by atoms with E-state index in [1.165, 1.54) is 0 Å². The lowest BCUT2D eigenvalue weighted by Crippen LogP contribution is -2.19. The molecule has 20 heavy (non-hydrogen) atoms. The highest BCUT2D eigenvalue weighted by atomic mass is 16.5. The van der Waals surface area contributed by atoms with Crippen molar-refractivity contribution in [1.82, 2.24) is 9.97 Å². The number of nitrogens with one attached hydrogen (secondary N) is 1. The highest BCUT2D eigenvalue weighted by Crippen LogP contribution is 2.33. The van der Waals surface area contributed by atoms with Gasteiger partial charge in [-0.2, -0.15) is 0 Å². The number of fused-ring (bicyclic) bond motifs is 1. The molecule has 0 atom stereocenters. The molecule has 5 nitrogen and oxygen atoms in total. The second-order valence-corrected chi connectivity index (χ2v) is 5.40. The largest absolute Gasteiger partial charge is 0.381 e. The van der Waals surface area contributed by atoms with E-state index in [2.05, 4.69) is 9.97 Å². The van der Waals surface area contributed by atoms with Gasteiger partial charge in [0.05, 0.1) is 17.2 Å². The Hall–Kier alpha value is -1.88. The number of hydrogen-bond acceptors (Lipinski definition) is 3. The fourth-order valence-corrected chi connectivity index (χ4v) is 3.02. The molecule has 0 aliphatic heterocycles. The molecule has 2 aromatic rings. The van der Waals surface area contributed by atoms with Crippen molar-refractivity contribution < 1.29 is 9.53 Å². The first-order valence-corrected chi connectivity index (χ1v) is 7.00. The van der Waals surface area contributed by atoms with E-state index >= 15 is 0 Å². The Kier molecular flexibility index (Phi) is 3.44. The number of benzene rings is 1. The molecule has 1 heterocycles. The molecule has 1 fully saturated rings. The van der Waals surface area contributed by atoms with Gasteiger partial charge in [-0.3, -0.25) is 4.79 Å². The van der Waals surface area contributed by atoms with Gasteiger partial charge >= 0.3 is 0 Å². The van der Waals surface area contributed by atoms with E-state index in [0.29, 0.717) is 23.1 Å². The summed E-state index contributed by atoms with van der Waals surface area (Å²) in [5, 5.41) is 0. The van der Waals surface area contributed by atoms with E-state index in [1.54, 1.807) is 13.2 Å². The van der Waals surface area contributed by atoms with Crippen LogP contribution in [0.4, 0.5) is 0 Å². The van der Waals surface area contributed by atoms with Gasteiger partial charge in [-0.1, -0.05) is 6.07 Å². The monoisotopic (exact) mass is 273 g/mol. The van der Waals surface area contributed by atoms with Crippen LogP contribution in [0.1, 0.15) is 47.8 Å². The van der Waals surface area contributed by atoms with Crippen LogP contribution in [0.2, 0.25) is 0 Å². The van der Waals surface area contributed by atoms with E-state index in [4.69, 9.17) is 10.5 Å². The molecule has 0 radical (unpaired) electrons. The molecule has 3 N–H and O–H groups in total. The molecule has 106 valence electrons. The first-order chi connectivity index (χ1) is 9.69. The summed E-state index contributed by atoms with van der Waals surface area (Å²) < 4.78 is 5.39. The van der Waals surface area contributed by atoms with E-state index in [1.807, 2.05) is 12.1 Å². The van der Waals surface area contributed by atoms with Crippen LogP contribution in [0, 0.1) is 0 Å². The lowest BCUT2D eigenvalue weighted by molar-refractivity contribution is 0.0652. The lowest BCUT2D eigenvalue weighted by Gasteiger charge is -2.26. The number of carbonyl (C=O) groups is 1. The summed E-state index contributed by atoms with van der Waals surface area (Å²) in [4.78, 5) is 19.4. The van der Waals surface area contributed by atoms with Crippen LogP contribution in [0.25, 0.3) is 11.0 Å². The van der Waals surface area contributed by atoms with Gasteiger partial charge in [0.25, 0.3) is 5.91 Å². The number of nitrogens with two attached hydrogens (primary N) is 1. The van der Waals surface area contributed by atoms with Crippen LogP contribution >= 0.6 is 0 Å². The van der Waals surface area contributed by atoms with E-state index in [9.17, 15) is 4.79 Å². The third-order valence-corrected chi connectivity index (χ3v) is 4.19. The first kappa shape index (κ1) is 13.1. The zero-order valence-electron chi connectivity index (χ0n) is 11.6. The fourth-order valence-electron chi connectivity index (χ4n) is 3.02. The van der Waals surface area contributed by atoms with Crippen LogP contribution in [0.5, 0.6) is 0 Å². The van der Waals surface area contributed by atoms with E-state index in [-0.39, 0.29) is 0 Å². The number of primary amides is 1. The third-order valence-electron chi connectivity index (χ3n) is 4.19. The molecule has 0 spiro atoms. The number of rotatable bonds is 3. The average molecular weight is 273 g/mol. The maximum atomic E-state index is 11.4. The van der Waals surface area contributed by atoms with Crippen molar-refractivity contribution in [3.05, 3.63) is 29.6 Å². The van der Waals surface area contributed by atoms with Crippen molar-refractivity contribution in [2.75, 3.05) is 7.11 Å². The number of H-pyrrole nitrogens is 1. The number of carbonyl (C=O) groups excluding carboxylic acids is 1. The summed E-state index contributed by atoms with van der Waals surface area (Å²) >= 11 is 0. The van der Waals surface area contributed by atoms with Crippen molar-refractivity contribution >= 4 is 16.9 Å². The smallest absolute Gasteiger partial charge is 0.250 e. The van der Waals surface area contributed by atoms with Crippen molar-refractivity contribution in [1.29, 1.82) is 0 Å². The molecule has 1 saturated carbocycles. The standard InChI is InChI=1S/C15H19N3O2/c1-20-10-7-5-9(6-8-10)15-17-12-4-2-3-11(14(16)19)13(12)18-15/h2-4,9-10H,5-8H2,1H3,(H2,16,19)(H,17,18). The maximum absolute atomic E-state index is 11.4. The van der Waals surface area contributed by atoms with Gasteiger partial charge in [-0.05, 0) is 37.8 Å². The number of methoxy groups -OCH3 is 1. The number of nitrogens with zero attached hydrogens (tertiary/aromatic N) is 1. The predicted octanol–water partition coefficient (Wildman–Crippen LogP) is 2.33. The topological polar surface area (TPSA) is 81.0 Å². The number of para-hydroxylation sites is 1. The Morgan fingerprint density at radius 1 is 1.35 bits per heavy atom. The zero-order chi connectivity index (χ0) is 14.1. The summed E-state index contributed by atoms with van der Waals surface area (Å²) in [5.41, 5.74) is 7.44. The van der Waals surface area contributed by atoms with Crippen molar-refractivity contribution in [3.63, 3.8) is 0 Å². The molecular weight excluding hydrogens is 254 g/mol. The minimum absolute atomic E-state index is 0.372. The van der Waals surface area contributed by atoms with Gasteiger partial charge in [-0.25, -0.2) is 4.98 Å². The first-order valence-electron chi connectivity index (χ1n) is 7.00. The fraction of sp³-hybridized carbons (Fsp3) is 0.467. The number of aromatic nitrogens is 2. The van der Waals surface area contributed by atoms with E-state index < -0.39 is 5.91 Å². The molecule has 5 heteroatoms. The summed E-state index contributed by atoms with van der Waals surface area (Å²) in [5.74, 6) is 0.939. The molecule has 1 aliphatic carbocycles. The summed E-state index contributed by atoms with van der Waals surface area (Å²) in [6, 6.07) is 5.47. The quantitative estimate of drug-likeness (QED) is 0.900. The highest BCUT2D eigenvalue weighted by Gasteiger charge is 2.24. The summed E-state index contributed by atoms with van der Waals surface area (Å²) in [6.07, 6.45) is 4.60. The van der Waals surface area contributed by atoms with Gasteiger partial charge in [0.2, 0.25) is 0 Å². The van der Waals surface area contributed by atoms with Gasteiger partial charge in [0, 0.05) is 13.0 Å². The van der Waals surface area contributed by atoms with Crippen LogP contribution in [-0.4, -0.2) is 29.1 Å². The summed E-state index contributed by atoms with van der Waals surface area (Å²) in [7, 11) is 1.77. The second kappa shape index (κ2) is 5.25. The number of aromatic amines is 1. The molecular formula is C15H19N3O2. The van der Waals surface area contributed by atoms with Crippen LogP contribution in [0.15, 0.2) is 18.2 Å². The highest BCUT2D eigenvalue weighted by molar-refractivity contribution is 6.04. The normalized spacial score (nSPS) is 23.1. The number of ether oxygens (including phenoxy) is 1. The Morgan fingerprint density at radius 2 is 2.10 bits per heavy atom. The predicted molar refractivity (Wildman–Crippen MR) is 76.6 cm³/mol. The minimum Gasteiger partial charge on any atom is -0.381 e. The average Bonchev–Trinajstić information content (AvgIpc) is 2.90. The molecule has 1 aromatic carbocycles. The lowest BCUT2D eigenvalue weighted by atomic mass is 9.87. The number of amides is 1. The Morgan fingerprint density at radius 3 is 2.75 bits per heavy atom. The van der Waals surface area contributed by atoms with Crippen molar-refractivity contribution in [2.24, 2.45) is 5.73 Å². The molecule has 0 saturated heterocycles. The van der Waals surface area contributed by atoms with Crippen LogP contribution in [-0.2, 0) is 4.74 Å². The Bertz CT molecular complexity index is 627. The molecule has 0 bridgehead atoms. The Balaban J connectivity index is 1.90. The SMILES string of the molecule is COC1CCC(c2nc3c(C(N)=O)cccc3[nH]2)CC1. The van der Waals surface area contributed by atoms with E-state index in [0.717, 1.165) is 37.0 Å². The number of imidazole rings is 1. The van der Waals surface area contributed by atoms with Gasteiger partial charge in [-0.15, -0.1) is 0 Å². The maximum Gasteiger partial charge on any atom is 0.250 e. The molecule has 1 aromatic heterocycles. The van der Waals surface area contributed by atoms with Crippen molar-refractivity contribution in [2.45, 2.75) is 37.7 Å². The Labute approximate surface area is 117 Å². The zero-order valence-corrected chi connectivity index (χ0v) is 11.6. The van der Waals surface area contributed by atoms with Gasteiger partial charge < -0.3 is 15.5 Å².